The van der Waals surface area contributed by atoms with Crippen molar-refractivity contribution in [3.63, 3.8) is 0 Å². The fourth-order valence-corrected chi connectivity index (χ4v) is 3.98. The molecule has 1 aliphatic heterocycles. The van der Waals surface area contributed by atoms with E-state index >= 15 is 0 Å². The van der Waals surface area contributed by atoms with Gasteiger partial charge < -0.3 is 4.90 Å². The molecule has 3 rings (SSSR count). The van der Waals surface area contributed by atoms with Crippen LogP contribution in [-0.2, 0) is 21.2 Å². The SMILES string of the molecule is CS(=O)(=O)c1ccc(CN2CCC(=O)N(CC3CCC3)CC2)cc1. The molecule has 1 aromatic carbocycles. The Morgan fingerprint density at radius 2 is 1.79 bits per heavy atom. The molecule has 1 heterocycles. The molecule has 0 N–H and O–H groups in total. The van der Waals surface area contributed by atoms with Gasteiger partial charge in [-0.1, -0.05) is 18.6 Å². The van der Waals surface area contributed by atoms with Gasteiger partial charge in [0.2, 0.25) is 5.91 Å². The van der Waals surface area contributed by atoms with E-state index in [0.717, 1.165) is 38.3 Å². The highest BCUT2D eigenvalue weighted by Crippen LogP contribution is 2.27. The van der Waals surface area contributed by atoms with Crippen molar-refractivity contribution in [3.05, 3.63) is 29.8 Å². The van der Waals surface area contributed by atoms with E-state index in [2.05, 4.69) is 4.90 Å². The molecule has 0 aromatic heterocycles. The largest absolute Gasteiger partial charge is 0.341 e. The van der Waals surface area contributed by atoms with Crippen LogP contribution in [0.4, 0.5) is 0 Å². The molecule has 1 saturated heterocycles. The second-order valence-electron chi connectivity index (χ2n) is 7.08. The van der Waals surface area contributed by atoms with Gasteiger partial charge in [0.25, 0.3) is 0 Å². The molecular formula is C18H26N2O3S. The Morgan fingerprint density at radius 1 is 1.08 bits per heavy atom. The molecule has 5 nitrogen and oxygen atoms in total. The lowest BCUT2D eigenvalue weighted by molar-refractivity contribution is -0.131. The van der Waals surface area contributed by atoms with E-state index in [-0.39, 0.29) is 5.91 Å². The number of carbonyl (C=O) groups is 1. The summed E-state index contributed by atoms with van der Waals surface area (Å²) in [5.74, 6) is 0.987. The Balaban J connectivity index is 1.56. The minimum Gasteiger partial charge on any atom is -0.341 e. The molecule has 132 valence electrons. The third-order valence-electron chi connectivity index (χ3n) is 5.14. The maximum Gasteiger partial charge on any atom is 0.223 e. The van der Waals surface area contributed by atoms with Crippen molar-refractivity contribution in [2.75, 3.05) is 32.4 Å². The van der Waals surface area contributed by atoms with E-state index in [1.807, 2.05) is 17.0 Å². The summed E-state index contributed by atoms with van der Waals surface area (Å²) in [6.07, 6.45) is 5.63. The zero-order valence-corrected chi connectivity index (χ0v) is 15.1. The van der Waals surface area contributed by atoms with Crippen molar-refractivity contribution in [1.29, 1.82) is 0 Å². The zero-order valence-electron chi connectivity index (χ0n) is 14.3. The predicted octanol–water partition coefficient (Wildman–Crippen LogP) is 1.92. The highest BCUT2D eigenvalue weighted by Gasteiger charge is 2.26. The highest BCUT2D eigenvalue weighted by atomic mass is 32.2. The van der Waals surface area contributed by atoms with E-state index in [9.17, 15) is 13.2 Å². The minimum atomic E-state index is -3.15. The van der Waals surface area contributed by atoms with E-state index in [4.69, 9.17) is 0 Å². The molecule has 1 aliphatic carbocycles. The molecule has 1 saturated carbocycles. The summed E-state index contributed by atoms with van der Waals surface area (Å²) in [5.41, 5.74) is 1.09. The maximum absolute atomic E-state index is 12.3. The molecule has 0 radical (unpaired) electrons. The van der Waals surface area contributed by atoms with E-state index in [1.165, 1.54) is 25.5 Å². The molecule has 2 fully saturated rings. The van der Waals surface area contributed by atoms with Gasteiger partial charge in [0, 0.05) is 45.4 Å². The molecule has 1 amide bonds. The average molecular weight is 350 g/mol. The Hall–Kier alpha value is -1.40. The number of hydrogen-bond acceptors (Lipinski definition) is 4. The average Bonchev–Trinajstić information content (AvgIpc) is 2.65. The normalized spacial score (nSPS) is 20.7. The van der Waals surface area contributed by atoms with Gasteiger partial charge in [-0.3, -0.25) is 9.69 Å². The smallest absolute Gasteiger partial charge is 0.223 e. The predicted molar refractivity (Wildman–Crippen MR) is 93.4 cm³/mol. The van der Waals surface area contributed by atoms with Crippen molar-refractivity contribution in [2.45, 2.75) is 37.1 Å². The number of rotatable bonds is 5. The maximum atomic E-state index is 12.3. The number of carbonyl (C=O) groups excluding carboxylic acids is 1. The van der Waals surface area contributed by atoms with Crippen LogP contribution in [0, 0.1) is 5.92 Å². The molecule has 6 heteroatoms. The lowest BCUT2D eigenvalue weighted by atomic mass is 9.85. The standard InChI is InChI=1S/C18H26N2O3S/c1-24(22,23)17-7-5-16(6-8-17)13-19-10-9-18(21)20(12-11-19)14-15-3-2-4-15/h5-8,15H,2-4,9-14H2,1H3. The Labute approximate surface area is 144 Å². The summed E-state index contributed by atoms with van der Waals surface area (Å²) < 4.78 is 23.0. The molecule has 0 atom stereocenters. The van der Waals surface area contributed by atoms with Crippen LogP contribution in [-0.4, -0.2) is 56.6 Å². The quantitative estimate of drug-likeness (QED) is 0.814. The summed E-state index contributed by atoms with van der Waals surface area (Å²) in [4.78, 5) is 17.0. The molecule has 1 aromatic rings. The first-order valence-corrected chi connectivity index (χ1v) is 10.6. The topological polar surface area (TPSA) is 57.7 Å². The van der Waals surface area contributed by atoms with Gasteiger partial charge in [-0.2, -0.15) is 0 Å². The second kappa shape index (κ2) is 7.23. The van der Waals surface area contributed by atoms with Gasteiger partial charge in [0.15, 0.2) is 9.84 Å². The monoisotopic (exact) mass is 350 g/mol. The van der Waals surface area contributed by atoms with E-state index in [1.54, 1.807) is 12.1 Å². The molecule has 24 heavy (non-hydrogen) atoms. The number of sulfone groups is 1. The van der Waals surface area contributed by atoms with E-state index < -0.39 is 9.84 Å². The highest BCUT2D eigenvalue weighted by molar-refractivity contribution is 7.90. The number of benzene rings is 1. The van der Waals surface area contributed by atoms with Gasteiger partial charge in [-0.25, -0.2) is 8.42 Å². The third kappa shape index (κ3) is 4.36. The van der Waals surface area contributed by atoms with Crippen LogP contribution < -0.4 is 0 Å². The Bertz CT molecular complexity index is 681. The number of hydrogen-bond donors (Lipinski definition) is 0. The Morgan fingerprint density at radius 3 is 2.38 bits per heavy atom. The first-order valence-electron chi connectivity index (χ1n) is 8.71. The van der Waals surface area contributed by atoms with E-state index in [0.29, 0.717) is 17.2 Å². The van der Waals surface area contributed by atoms with Crippen LogP contribution >= 0.6 is 0 Å². The van der Waals surface area contributed by atoms with Gasteiger partial charge in [-0.05, 0) is 36.5 Å². The number of amides is 1. The fourth-order valence-electron chi connectivity index (χ4n) is 3.35. The van der Waals surface area contributed by atoms with Crippen LogP contribution in [0.25, 0.3) is 0 Å². The van der Waals surface area contributed by atoms with Crippen molar-refractivity contribution < 1.29 is 13.2 Å². The van der Waals surface area contributed by atoms with Crippen molar-refractivity contribution in [1.82, 2.24) is 9.80 Å². The second-order valence-corrected chi connectivity index (χ2v) is 9.09. The van der Waals surface area contributed by atoms with Crippen molar-refractivity contribution >= 4 is 15.7 Å². The lowest BCUT2D eigenvalue weighted by Crippen LogP contribution is -2.38. The molecular weight excluding hydrogens is 324 g/mol. The summed E-state index contributed by atoms with van der Waals surface area (Å²) >= 11 is 0. The van der Waals surface area contributed by atoms with Crippen LogP contribution in [0.1, 0.15) is 31.2 Å². The Kier molecular flexibility index (Phi) is 5.25. The van der Waals surface area contributed by atoms with Gasteiger partial charge >= 0.3 is 0 Å². The fraction of sp³-hybridized carbons (Fsp3) is 0.611. The molecule has 0 unspecified atom stereocenters. The molecule has 0 spiro atoms. The van der Waals surface area contributed by atoms with Crippen LogP contribution in [0.3, 0.4) is 0 Å². The lowest BCUT2D eigenvalue weighted by Gasteiger charge is -2.31. The molecule has 2 aliphatic rings. The summed E-state index contributed by atoms with van der Waals surface area (Å²) in [5, 5.41) is 0. The first kappa shape index (κ1) is 17.4. The summed E-state index contributed by atoms with van der Waals surface area (Å²) in [7, 11) is -3.15. The van der Waals surface area contributed by atoms with Gasteiger partial charge in [0.1, 0.15) is 0 Å². The van der Waals surface area contributed by atoms with Gasteiger partial charge in [0.05, 0.1) is 4.90 Å². The van der Waals surface area contributed by atoms with Crippen LogP contribution in [0.2, 0.25) is 0 Å². The van der Waals surface area contributed by atoms with Crippen molar-refractivity contribution in [2.24, 2.45) is 5.92 Å². The number of nitrogens with zero attached hydrogens (tertiary/aromatic N) is 2. The molecule has 0 bridgehead atoms. The third-order valence-corrected chi connectivity index (χ3v) is 6.27. The zero-order chi connectivity index (χ0) is 17.2. The van der Waals surface area contributed by atoms with Crippen LogP contribution in [0.15, 0.2) is 29.2 Å². The minimum absolute atomic E-state index is 0.275. The van der Waals surface area contributed by atoms with Gasteiger partial charge in [-0.15, -0.1) is 0 Å². The first-order chi connectivity index (χ1) is 11.4. The van der Waals surface area contributed by atoms with Crippen LogP contribution in [0.5, 0.6) is 0 Å². The summed E-state index contributed by atoms with van der Waals surface area (Å²) in [6.45, 7) is 4.14. The summed E-state index contributed by atoms with van der Waals surface area (Å²) in [6, 6.07) is 7.07. The van der Waals surface area contributed by atoms with Crippen molar-refractivity contribution in [3.8, 4) is 0 Å².